The first-order valence-electron chi connectivity index (χ1n) is 9.54. The molecule has 0 aromatic heterocycles. The molecule has 0 aliphatic carbocycles. The number of hydrogen-bond acceptors (Lipinski definition) is 3. The van der Waals surface area contributed by atoms with Gasteiger partial charge in [0.05, 0.1) is 6.04 Å². The normalized spacial score (nSPS) is 17.1. The third kappa shape index (κ3) is 8.62. The van der Waals surface area contributed by atoms with Gasteiger partial charge in [-0.2, -0.15) is 0 Å². The number of guanidine groups is 1. The van der Waals surface area contributed by atoms with Crippen molar-refractivity contribution >= 4 is 36.0 Å². The lowest BCUT2D eigenvalue weighted by Gasteiger charge is -2.23. The van der Waals surface area contributed by atoms with Crippen LogP contribution in [0.2, 0.25) is 0 Å². The molecule has 1 heterocycles. The van der Waals surface area contributed by atoms with Crippen molar-refractivity contribution in [3.05, 3.63) is 35.6 Å². The summed E-state index contributed by atoms with van der Waals surface area (Å²) in [4.78, 5) is 18.8. The molecule has 2 rings (SSSR count). The molecule has 0 spiro atoms. The minimum atomic E-state index is -0.501. The Bertz CT molecular complexity index is 647. The molecule has 1 atom stereocenters. The third-order valence-corrected chi connectivity index (χ3v) is 4.12. The van der Waals surface area contributed by atoms with Gasteiger partial charge in [-0.05, 0) is 58.2 Å². The van der Waals surface area contributed by atoms with Crippen molar-refractivity contribution in [1.29, 1.82) is 0 Å². The number of nitrogens with one attached hydrogen (secondary N) is 2. The Morgan fingerprint density at radius 2 is 2.00 bits per heavy atom. The molecule has 1 fully saturated rings. The molecule has 0 saturated carbocycles. The second-order valence-corrected chi connectivity index (χ2v) is 7.69. The van der Waals surface area contributed by atoms with E-state index in [1.807, 2.05) is 27.7 Å². The molecule has 1 amide bonds. The summed E-state index contributed by atoms with van der Waals surface area (Å²) in [6.07, 6.45) is 1.22. The number of nitrogens with zero attached hydrogens (tertiary/aromatic N) is 2. The number of ether oxygens (including phenoxy) is 1. The Balaban J connectivity index is 0.00000392. The van der Waals surface area contributed by atoms with Gasteiger partial charge in [-0.15, -0.1) is 24.0 Å². The van der Waals surface area contributed by atoms with Crippen molar-refractivity contribution in [2.75, 3.05) is 26.2 Å². The van der Waals surface area contributed by atoms with Gasteiger partial charge >= 0.3 is 6.09 Å². The van der Waals surface area contributed by atoms with Gasteiger partial charge < -0.3 is 20.3 Å². The van der Waals surface area contributed by atoms with Crippen LogP contribution in [0.15, 0.2) is 29.3 Å². The number of hydrogen-bond donors (Lipinski definition) is 2. The van der Waals surface area contributed by atoms with Crippen LogP contribution in [-0.2, 0) is 11.2 Å². The number of alkyl carbamates (subject to hydrolysis) is 1. The number of benzene rings is 1. The molecule has 28 heavy (non-hydrogen) atoms. The van der Waals surface area contributed by atoms with Crippen molar-refractivity contribution in [3.63, 3.8) is 0 Å². The largest absolute Gasteiger partial charge is 0.444 e. The van der Waals surface area contributed by atoms with Crippen LogP contribution in [0.3, 0.4) is 0 Å². The second-order valence-electron chi connectivity index (χ2n) is 7.69. The fourth-order valence-electron chi connectivity index (χ4n) is 2.91. The average molecular weight is 506 g/mol. The molecule has 0 radical (unpaired) electrons. The fourth-order valence-corrected chi connectivity index (χ4v) is 2.91. The third-order valence-electron chi connectivity index (χ3n) is 4.12. The van der Waals surface area contributed by atoms with Crippen molar-refractivity contribution in [2.45, 2.75) is 52.2 Å². The molecular weight excluding hydrogens is 474 g/mol. The molecule has 1 aliphatic rings. The van der Waals surface area contributed by atoms with E-state index in [4.69, 9.17) is 4.74 Å². The monoisotopic (exact) mass is 506 g/mol. The topological polar surface area (TPSA) is 66.0 Å². The van der Waals surface area contributed by atoms with E-state index in [0.29, 0.717) is 13.1 Å². The number of likely N-dealkylation sites (tertiary alicyclic amines) is 1. The smallest absolute Gasteiger partial charge is 0.407 e. The molecule has 1 aliphatic heterocycles. The quantitative estimate of drug-likeness (QED) is 0.364. The second kappa shape index (κ2) is 11.4. The minimum absolute atomic E-state index is 0. The highest BCUT2D eigenvalue weighted by atomic mass is 127. The summed E-state index contributed by atoms with van der Waals surface area (Å²) in [5.41, 5.74) is 0.556. The van der Waals surface area contributed by atoms with Crippen LogP contribution in [0.4, 0.5) is 9.18 Å². The lowest BCUT2D eigenvalue weighted by Crippen LogP contribution is -2.44. The lowest BCUT2D eigenvalue weighted by atomic mass is 10.1. The zero-order chi connectivity index (χ0) is 19.9. The number of amides is 1. The average Bonchev–Trinajstić information content (AvgIpc) is 3.02. The number of aliphatic imine (C=N–C) groups is 1. The maximum absolute atomic E-state index is 13.0. The van der Waals surface area contributed by atoms with Gasteiger partial charge in [-0.3, -0.25) is 4.99 Å². The predicted octanol–water partition coefficient (Wildman–Crippen LogP) is 3.55. The van der Waals surface area contributed by atoms with E-state index in [1.54, 1.807) is 12.1 Å². The number of halogens is 2. The van der Waals surface area contributed by atoms with E-state index in [2.05, 4.69) is 20.5 Å². The van der Waals surface area contributed by atoms with E-state index < -0.39 is 5.60 Å². The van der Waals surface area contributed by atoms with Crippen LogP contribution in [0.1, 0.15) is 39.7 Å². The summed E-state index contributed by atoms with van der Waals surface area (Å²) in [6, 6.07) is 6.55. The van der Waals surface area contributed by atoms with Crippen LogP contribution in [0.25, 0.3) is 0 Å². The highest BCUT2D eigenvalue weighted by Crippen LogP contribution is 2.12. The Kier molecular flexibility index (Phi) is 9.98. The van der Waals surface area contributed by atoms with Crippen LogP contribution in [-0.4, -0.2) is 54.8 Å². The molecule has 8 heteroatoms. The fraction of sp³-hybridized carbons (Fsp3) is 0.600. The van der Waals surface area contributed by atoms with E-state index in [-0.39, 0.29) is 41.9 Å². The molecule has 1 aromatic carbocycles. The molecule has 2 N–H and O–H groups in total. The van der Waals surface area contributed by atoms with Crippen molar-refractivity contribution in [2.24, 2.45) is 4.99 Å². The van der Waals surface area contributed by atoms with E-state index in [1.165, 1.54) is 12.1 Å². The molecule has 1 unspecified atom stereocenters. The maximum Gasteiger partial charge on any atom is 0.407 e. The minimum Gasteiger partial charge on any atom is -0.444 e. The summed E-state index contributed by atoms with van der Waals surface area (Å²) in [6.45, 7) is 10.5. The summed E-state index contributed by atoms with van der Waals surface area (Å²) in [5, 5.41) is 6.23. The summed E-state index contributed by atoms with van der Waals surface area (Å²) >= 11 is 0. The van der Waals surface area contributed by atoms with Crippen molar-refractivity contribution in [1.82, 2.24) is 15.5 Å². The first kappa shape index (κ1) is 24.5. The Hall–Kier alpha value is -1.58. The summed E-state index contributed by atoms with van der Waals surface area (Å²) in [7, 11) is 0. The van der Waals surface area contributed by atoms with Gasteiger partial charge in [-0.25, -0.2) is 9.18 Å². The van der Waals surface area contributed by atoms with Crippen LogP contribution >= 0.6 is 24.0 Å². The number of carbonyl (C=O) groups is 1. The number of carbonyl (C=O) groups excluding carboxylic acids is 1. The lowest BCUT2D eigenvalue weighted by molar-refractivity contribution is 0.0507. The van der Waals surface area contributed by atoms with Gasteiger partial charge in [-0.1, -0.05) is 12.1 Å². The van der Waals surface area contributed by atoms with Crippen LogP contribution in [0.5, 0.6) is 0 Å². The van der Waals surface area contributed by atoms with E-state index >= 15 is 0 Å². The van der Waals surface area contributed by atoms with E-state index in [9.17, 15) is 9.18 Å². The SMILES string of the molecule is CCNC(=NCCc1ccc(F)cc1)N1CCC(NC(=O)OC(C)(C)C)C1.I. The van der Waals surface area contributed by atoms with Crippen molar-refractivity contribution in [3.8, 4) is 0 Å². The maximum atomic E-state index is 13.0. The first-order chi connectivity index (χ1) is 12.8. The van der Waals surface area contributed by atoms with Gasteiger partial charge in [0, 0.05) is 26.2 Å². The predicted molar refractivity (Wildman–Crippen MR) is 121 cm³/mol. The Morgan fingerprint density at radius 3 is 2.61 bits per heavy atom. The van der Waals surface area contributed by atoms with Gasteiger partial charge in [0.2, 0.25) is 0 Å². The Labute approximate surface area is 184 Å². The summed E-state index contributed by atoms with van der Waals surface area (Å²) in [5.74, 6) is 0.615. The molecule has 1 saturated heterocycles. The van der Waals surface area contributed by atoms with E-state index in [0.717, 1.165) is 37.5 Å². The standard InChI is InChI=1S/C20H31FN4O2.HI/c1-5-22-18(23-12-10-15-6-8-16(21)9-7-15)25-13-11-17(14-25)24-19(26)27-20(2,3)4;/h6-9,17H,5,10-14H2,1-4H3,(H,22,23)(H,24,26);1H. The Morgan fingerprint density at radius 1 is 1.32 bits per heavy atom. The molecule has 0 bridgehead atoms. The zero-order valence-corrected chi connectivity index (χ0v) is 19.5. The molecular formula is C20H32FIN4O2. The molecule has 158 valence electrons. The van der Waals surface area contributed by atoms with Gasteiger partial charge in [0.25, 0.3) is 0 Å². The highest BCUT2D eigenvalue weighted by Gasteiger charge is 2.27. The molecule has 6 nitrogen and oxygen atoms in total. The summed E-state index contributed by atoms with van der Waals surface area (Å²) < 4.78 is 18.3. The number of rotatable bonds is 5. The highest BCUT2D eigenvalue weighted by molar-refractivity contribution is 14.0. The first-order valence-corrected chi connectivity index (χ1v) is 9.54. The van der Waals surface area contributed by atoms with Gasteiger partial charge in [0.15, 0.2) is 5.96 Å². The van der Waals surface area contributed by atoms with Crippen LogP contribution < -0.4 is 10.6 Å². The van der Waals surface area contributed by atoms with Gasteiger partial charge in [0.1, 0.15) is 11.4 Å². The molecule has 1 aromatic rings. The van der Waals surface area contributed by atoms with Crippen molar-refractivity contribution < 1.29 is 13.9 Å². The van der Waals surface area contributed by atoms with Crippen LogP contribution in [0, 0.1) is 5.82 Å². The zero-order valence-electron chi connectivity index (χ0n) is 17.1.